The molecule has 6 radical (unpaired) electrons. The van der Waals surface area contributed by atoms with Crippen LogP contribution >= 0.6 is 87.3 Å². The minimum Gasteiger partial charge on any atom is -0.439 e. The third-order valence-corrected chi connectivity index (χ3v) is 44.5. The summed E-state index contributed by atoms with van der Waals surface area (Å²) in [4.78, 5) is 14.5. The Labute approximate surface area is 920 Å². The number of benzene rings is 6. The molecule has 0 aliphatic heterocycles. The topological polar surface area (TPSA) is 105 Å². The second kappa shape index (κ2) is 47.3. The van der Waals surface area contributed by atoms with Gasteiger partial charge in [0.05, 0.1) is 19.8 Å². The number of halogens is 1. The second-order valence-corrected chi connectivity index (χ2v) is 51.0. The predicted octanol–water partition coefficient (Wildman–Crippen LogP) is 29.5. The molecule has 768 valence electrons. The van der Waals surface area contributed by atoms with Crippen molar-refractivity contribution in [3.8, 4) is 34.5 Å². The minimum absolute atomic E-state index is 0.0394. The van der Waals surface area contributed by atoms with Crippen molar-refractivity contribution >= 4 is 136 Å². The monoisotopic (exact) mass is 2130 g/mol. The van der Waals surface area contributed by atoms with Gasteiger partial charge in [0.15, 0.2) is 0 Å². The summed E-state index contributed by atoms with van der Waals surface area (Å²) in [6, 6.07) is 39.4. The number of likely N-dealkylation sites (N-methyl/N-ethyl adjacent to an activating group) is 1. The summed E-state index contributed by atoms with van der Waals surface area (Å²) in [6.45, 7) is 22.0. The van der Waals surface area contributed by atoms with Gasteiger partial charge in [-0.15, -0.1) is 0 Å². The molecule has 6 aromatic rings. The van der Waals surface area contributed by atoms with Crippen molar-refractivity contribution in [3.05, 3.63) is 234 Å². The van der Waals surface area contributed by atoms with Crippen molar-refractivity contribution in [1.82, 2.24) is 4.90 Å². The summed E-state index contributed by atoms with van der Waals surface area (Å²) in [6.07, 6.45) is 56.8. The average Bonchev–Trinajstić information content (AvgIpc) is 1.63. The molecule has 10 nitrogen and oxygen atoms in total. The summed E-state index contributed by atoms with van der Waals surface area (Å²) in [5.74, 6) is 19.5. The average molecular weight is 2130 g/mol. The highest BCUT2D eigenvalue weighted by Gasteiger charge is 2.60. The van der Waals surface area contributed by atoms with Gasteiger partial charge in [-0.25, -0.2) is 0 Å². The van der Waals surface area contributed by atoms with Gasteiger partial charge in [0.1, 0.15) is 40.3 Å². The first kappa shape index (κ1) is 101. The van der Waals surface area contributed by atoms with Crippen molar-refractivity contribution in [2.24, 2.45) is 104 Å². The van der Waals surface area contributed by atoms with Crippen LogP contribution in [-0.4, -0.2) is 112 Å². The molecule has 0 heterocycles. The Morgan fingerprint density at radius 3 is 0.834 bits per heavy atom. The van der Waals surface area contributed by atoms with E-state index >= 15 is 0 Å². The molecule has 18 aliphatic carbocycles. The molecule has 0 spiro atoms. The number of aliphatic hydroxyl groups is 1. The number of rotatable bonds is 25. The molecular weight excluding hydrogens is 1960 g/mol. The lowest BCUT2D eigenvalue weighted by atomic mass is 9.55. The van der Waals surface area contributed by atoms with Crippen LogP contribution in [-0.2, 0) is 48.1 Å². The second-order valence-electron chi connectivity index (χ2n) is 48.2. The number of hydrogen-bond acceptors (Lipinski definition) is 16. The summed E-state index contributed by atoms with van der Waals surface area (Å²) in [7, 11) is 11.5. The number of aliphatic hydroxyl groups excluding tert-OH is 1. The highest BCUT2D eigenvalue weighted by molar-refractivity contribution is 9.09. The van der Waals surface area contributed by atoms with Crippen LogP contribution < -0.4 is 25.1 Å². The zero-order chi connectivity index (χ0) is 106. The van der Waals surface area contributed by atoms with Crippen LogP contribution in [0.5, 0.6) is 34.5 Å². The highest BCUT2D eigenvalue weighted by atomic mass is 79.9. The maximum atomic E-state index is 12.4. The van der Waals surface area contributed by atoms with Gasteiger partial charge in [-0.2, -0.15) is 0 Å². The van der Waals surface area contributed by atoms with E-state index in [1.54, 1.807) is 44.5 Å². The number of allylic oxidation sites excluding steroid dienone is 8. The number of alkyl halides is 1. The maximum Gasteiger partial charge on any atom is 0.227 e. The molecule has 23 heteroatoms. The SMILES string of the molecule is [3H][B]SOc1ccc2c(c1)CCC1C2CCC2(C)/C(=C/C)CCC12.[3H][B]SOc1ccc2c(c1)CCC1C2CCC2(C)/C(=C\C)CCC12.[3H][B]SOc1ccc2c(c1)CCC1C2CCC2(C)/C(=C\CBr)CCC12.[3H][B]SOc1ccc2c(c1)CCC1C2CCC2(C)/C(=C\CO)CCC12.[3H][B]SOc1ccc2c(c1)CCC1C2CCC2(C)/C(=C\COCCN(C)C)CCC12.[3H][B]SOc1ccc2c(c1)CCC1C2CCC2(C)C(=O)CCC12. The number of hydrogen-bond donors (Lipinski definition) is 1. The van der Waals surface area contributed by atoms with Crippen LogP contribution in [0.25, 0.3) is 0 Å². The molecule has 12 saturated carbocycles. The molecule has 0 aromatic heterocycles. The van der Waals surface area contributed by atoms with E-state index in [0.29, 0.717) is 62.4 Å². The molecule has 1 N–H and O–H groups in total. The van der Waals surface area contributed by atoms with E-state index < -0.39 is 0 Å². The van der Waals surface area contributed by atoms with E-state index in [9.17, 15) is 9.90 Å². The first-order chi connectivity index (χ1) is 73.3. The minimum atomic E-state index is -0.0394. The van der Waals surface area contributed by atoms with Gasteiger partial charge in [-0.3, -0.25) is 4.79 Å². The lowest BCUT2D eigenvalue weighted by Gasteiger charge is -2.49. The molecule has 24 rings (SSSR count). The van der Waals surface area contributed by atoms with Gasteiger partial charge >= 0.3 is 0 Å². The number of nitrogens with zero attached hydrogens (tertiary/aromatic N) is 1. The Balaban J connectivity index is 0.000000114. The summed E-state index contributed by atoms with van der Waals surface area (Å²) in [5.41, 5.74) is 28.4. The van der Waals surface area contributed by atoms with Crippen molar-refractivity contribution in [3.63, 3.8) is 0 Å². The van der Waals surface area contributed by atoms with Crippen LogP contribution in [0.1, 0.15) is 350 Å². The fraction of sp³-hybridized carbons (Fsp3) is 0.615. The molecule has 0 saturated heterocycles. The number of aryl methyl sites for hydroxylation is 6. The highest BCUT2D eigenvalue weighted by Crippen LogP contribution is 2.70. The largest absolute Gasteiger partial charge is 0.439 e. The van der Waals surface area contributed by atoms with Crippen LogP contribution in [0.4, 0.5) is 0 Å². The number of ether oxygens (including phenoxy) is 1. The van der Waals surface area contributed by atoms with Crippen LogP contribution in [0.3, 0.4) is 0 Å². The number of carbonyl (C=O) groups is 1. The van der Waals surface area contributed by atoms with Crippen molar-refractivity contribution in [1.29, 1.82) is 8.01 Å². The van der Waals surface area contributed by atoms with Gasteiger partial charge in [0, 0.05) is 23.7 Å². The first-order valence-electron chi connectivity index (χ1n) is 59.1. The summed E-state index contributed by atoms with van der Waals surface area (Å²) < 4.78 is 81.6. The predicted molar refractivity (Wildman–Crippen MR) is 626 cm³/mol. The number of fused-ring (bicyclic) bond motifs is 30. The fourth-order valence-corrected chi connectivity index (χ4v) is 37.3. The van der Waals surface area contributed by atoms with Crippen LogP contribution in [0.2, 0.25) is 0 Å². The van der Waals surface area contributed by atoms with E-state index in [4.69, 9.17) is 37.8 Å². The standard InChI is InChI=1S/C24H35BNO2S.C20H25BBrOS.C20H26BO2S.2C20H26BOS.C18H22BO2S/c1-24-12-10-21-20-8-6-19(28-29-25)16-17(20)4-7-22(21)23(24)9-5-18(24)11-14-27-15-13-26(2)3;2*1-20-10-8-17-16-6-4-15(23-24-21)12-13(16)2-5-18(17)19(20)7-3-14(20)9-11-22;2*1-3-14-5-9-19-18-7-4-13-12-15(22-23-21)6-8-16(13)17(18)10-11-20(14,19)2;1-18-9-8-14-13-5-3-12(21-22-19)10-11(13)2-4-15(14)16(18)6-7-17(18)20/h6,8,11,16,21-23,25H,4-5,7,9-10,12-15H2,1-3H3;4,6,9,12,17-19,21H,2-3,5,7-8,10-11H2,1H3;4,6,9,12,17-19,21-22H,2-3,5,7-8,10-11H2,1H3;2*3,6,8,12,17-19,21H,4-5,7,9-11H2,1-2H3;3,5,10,14-16,19H,2,4,6-9H2,1H3/b18-11-;2*14-9-;14-3+;14-3-;/i25T;4*21T;19T. The quantitative estimate of drug-likeness (QED) is 0.0193. The van der Waals surface area contributed by atoms with Crippen LogP contribution in [0.15, 0.2) is 167 Å². The Hall–Kier alpha value is -4.66. The van der Waals surface area contributed by atoms with Gasteiger partial charge < -0.3 is 39.8 Å². The van der Waals surface area contributed by atoms with E-state index in [1.807, 2.05) is 6.07 Å². The molecule has 0 bridgehead atoms. The Bertz CT molecular complexity index is 5670. The van der Waals surface area contributed by atoms with Gasteiger partial charge in [-0.05, 0) is 605 Å². The Kier molecular flexibility index (Phi) is 32.9. The lowest BCUT2D eigenvalue weighted by molar-refractivity contribution is -0.129. The molecular formula is C122H160B6BrNO9S6. The molecule has 24 atom stereocenters. The third kappa shape index (κ3) is 21.5. The summed E-state index contributed by atoms with van der Waals surface area (Å²) >= 11 is 10.1. The number of Topliss-reactive ketones (excluding diaryl/α,β-unsaturated/α-hetero) is 1. The number of ketones is 1. The van der Waals surface area contributed by atoms with Crippen molar-refractivity contribution in [2.45, 2.75) is 322 Å². The molecule has 18 aliphatic rings. The normalized spacial score (nSPS) is 36.1. The fourth-order valence-electron chi connectivity index (χ4n) is 35.7. The lowest BCUT2D eigenvalue weighted by Crippen LogP contribution is -2.42. The first-order valence-corrected chi connectivity index (χ1v) is 61.6. The molecule has 0 amide bonds. The summed E-state index contributed by atoms with van der Waals surface area (Å²) in [5, 5.41) is 10.4. The molecule has 12 fully saturated rings. The maximum absolute atomic E-state index is 12.4. The smallest absolute Gasteiger partial charge is 0.227 e. The zero-order valence-electron chi connectivity index (χ0n) is 94.1. The van der Waals surface area contributed by atoms with E-state index in [0.717, 1.165) is 253 Å². The Morgan fingerprint density at radius 1 is 0.338 bits per heavy atom. The van der Waals surface area contributed by atoms with E-state index in [-0.39, 0.29) is 12.0 Å². The third-order valence-electron chi connectivity index (χ3n) is 42.5. The van der Waals surface area contributed by atoms with Gasteiger partial charge in [-0.1, -0.05) is 152 Å². The zero-order valence-corrected chi connectivity index (χ0v) is 94.6. The molecule has 145 heavy (non-hydrogen) atoms. The number of carbonyl (C=O) groups excluding carboxylic acids is 1. The van der Waals surface area contributed by atoms with E-state index in [1.165, 1.54) is 279 Å². The Morgan fingerprint density at radius 2 is 0.579 bits per heavy atom. The van der Waals surface area contributed by atoms with E-state index in [2.05, 4.69) is 224 Å². The van der Waals surface area contributed by atoms with Crippen molar-refractivity contribution < 1.29 is 39.7 Å². The van der Waals surface area contributed by atoms with Crippen molar-refractivity contribution in [2.75, 3.05) is 45.8 Å². The molecule has 24 unspecified atom stereocenters. The van der Waals surface area contributed by atoms with Gasteiger partial charge in [0.2, 0.25) is 42.5 Å². The molecule has 6 aromatic carbocycles. The van der Waals surface area contributed by atoms with Crippen LogP contribution in [0, 0.1) is 104 Å². The van der Waals surface area contributed by atoms with Gasteiger partial charge in [0.25, 0.3) is 0 Å².